The second kappa shape index (κ2) is 4.34. The molecule has 3 nitrogen and oxygen atoms in total. The number of halogens is 1. The minimum Gasteiger partial charge on any atom is -0.355 e. The van der Waals surface area contributed by atoms with Gasteiger partial charge in [-0.25, -0.2) is 4.98 Å². The molecular formula is C12H18BrN3. The minimum atomic E-state index is 0.148. The summed E-state index contributed by atoms with van der Waals surface area (Å²) in [5.41, 5.74) is 6.28. The quantitative estimate of drug-likeness (QED) is 0.861. The zero-order valence-corrected chi connectivity index (χ0v) is 11.4. The summed E-state index contributed by atoms with van der Waals surface area (Å²) in [7, 11) is 0. The van der Waals surface area contributed by atoms with E-state index in [0.717, 1.165) is 29.8 Å². The van der Waals surface area contributed by atoms with E-state index < -0.39 is 0 Å². The van der Waals surface area contributed by atoms with Crippen molar-refractivity contribution in [3.05, 3.63) is 22.8 Å². The third-order valence-corrected chi connectivity index (χ3v) is 3.97. The molecule has 1 aromatic heterocycles. The number of hydrogen-bond donors (Lipinski definition) is 1. The van der Waals surface area contributed by atoms with Crippen molar-refractivity contribution in [2.45, 2.75) is 26.3 Å². The Morgan fingerprint density at radius 1 is 1.56 bits per heavy atom. The maximum absolute atomic E-state index is 6.13. The molecule has 2 rings (SSSR count). The van der Waals surface area contributed by atoms with Crippen LogP contribution < -0.4 is 10.6 Å². The van der Waals surface area contributed by atoms with Crippen LogP contribution in [-0.2, 0) is 0 Å². The largest absolute Gasteiger partial charge is 0.355 e. The lowest BCUT2D eigenvalue weighted by Gasteiger charge is -2.43. The molecule has 88 valence electrons. The first-order valence-electron chi connectivity index (χ1n) is 5.62. The Morgan fingerprint density at radius 3 is 2.94 bits per heavy atom. The van der Waals surface area contributed by atoms with E-state index in [0.29, 0.717) is 0 Å². The number of rotatable bonds is 1. The Bertz CT molecular complexity index is 378. The van der Waals surface area contributed by atoms with Crippen LogP contribution in [0.4, 0.5) is 5.82 Å². The summed E-state index contributed by atoms with van der Waals surface area (Å²) in [5, 5.41) is 0. The summed E-state index contributed by atoms with van der Waals surface area (Å²) in [6.45, 7) is 6.39. The van der Waals surface area contributed by atoms with Crippen LogP contribution in [0.2, 0.25) is 0 Å². The molecule has 0 aromatic carbocycles. The molecule has 1 atom stereocenters. The minimum absolute atomic E-state index is 0.148. The number of aromatic nitrogens is 1. The molecule has 1 fully saturated rings. The fourth-order valence-corrected chi connectivity index (χ4v) is 2.67. The van der Waals surface area contributed by atoms with E-state index in [9.17, 15) is 0 Å². The van der Waals surface area contributed by atoms with Gasteiger partial charge in [0.25, 0.3) is 0 Å². The molecule has 2 N–H and O–H groups in total. The second-order valence-corrected chi connectivity index (χ2v) is 5.97. The van der Waals surface area contributed by atoms with Crippen LogP contribution in [-0.4, -0.2) is 24.1 Å². The van der Waals surface area contributed by atoms with E-state index in [1.165, 1.54) is 0 Å². The first kappa shape index (κ1) is 11.9. The summed E-state index contributed by atoms with van der Waals surface area (Å²) >= 11 is 3.55. The van der Waals surface area contributed by atoms with Gasteiger partial charge in [0.15, 0.2) is 0 Å². The number of hydrogen-bond acceptors (Lipinski definition) is 3. The first-order valence-corrected chi connectivity index (χ1v) is 6.41. The van der Waals surface area contributed by atoms with Gasteiger partial charge < -0.3 is 10.6 Å². The van der Waals surface area contributed by atoms with Crippen molar-refractivity contribution in [1.29, 1.82) is 0 Å². The molecule has 0 bridgehead atoms. The van der Waals surface area contributed by atoms with E-state index in [2.05, 4.69) is 39.7 Å². The van der Waals surface area contributed by atoms with Crippen LogP contribution in [0, 0.1) is 5.41 Å². The summed E-state index contributed by atoms with van der Waals surface area (Å²) in [6.07, 6.45) is 2.86. The van der Waals surface area contributed by atoms with Crippen LogP contribution in [0.3, 0.4) is 0 Å². The molecular weight excluding hydrogens is 266 g/mol. The van der Waals surface area contributed by atoms with Crippen LogP contribution >= 0.6 is 15.9 Å². The maximum atomic E-state index is 6.13. The normalized spacial score (nSPS) is 24.5. The van der Waals surface area contributed by atoms with E-state index in [1.807, 2.05) is 18.3 Å². The zero-order chi connectivity index (χ0) is 11.8. The van der Waals surface area contributed by atoms with Gasteiger partial charge in [0.05, 0.1) is 4.47 Å². The fraction of sp³-hybridized carbons (Fsp3) is 0.583. The first-order chi connectivity index (χ1) is 7.50. The topological polar surface area (TPSA) is 42.2 Å². The molecule has 2 heterocycles. The Balaban J connectivity index is 2.21. The van der Waals surface area contributed by atoms with Gasteiger partial charge in [-0.05, 0) is 39.9 Å². The number of pyridine rings is 1. The van der Waals surface area contributed by atoms with E-state index in [-0.39, 0.29) is 11.5 Å². The van der Waals surface area contributed by atoms with E-state index >= 15 is 0 Å². The second-order valence-electron chi connectivity index (χ2n) is 5.11. The smallest absolute Gasteiger partial charge is 0.142 e. The van der Waals surface area contributed by atoms with Gasteiger partial charge in [0.2, 0.25) is 0 Å². The Labute approximate surface area is 105 Å². The number of nitrogens with two attached hydrogens (primary N) is 1. The standard InChI is InChI=1S/C12H18BrN3/c1-12(2)8-16(7-5-10(12)14)11-9(13)4-3-6-15-11/h3-4,6,10H,5,7-8,14H2,1-2H3. The number of nitrogens with zero attached hydrogens (tertiary/aromatic N) is 2. The summed E-state index contributed by atoms with van der Waals surface area (Å²) in [6, 6.07) is 4.25. The molecule has 16 heavy (non-hydrogen) atoms. The monoisotopic (exact) mass is 283 g/mol. The SMILES string of the molecule is CC1(C)CN(c2ncccc2Br)CCC1N. The Morgan fingerprint density at radius 2 is 2.31 bits per heavy atom. The molecule has 1 aliphatic heterocycles. The molecule has 0 radical (unpaired) electrons. The van der Waals surface area contributed by atoms with Gasteiger partial charge in [-0.2, -0.15) is 0 Å². The highest BCUT2D eigenvalue weighted by Gasteiger charge is 2.34. The predicted octanol–water partition coefficient (Wildman–Crippen LogP) is 2.41. The van der Waals surface area contributed by atoms with E-state index in [4.69, 9.17) is 5.73 Å². The van der Waals surface area contributed by atoms with Crippen molar-refractivity contribution < 1.29 is 0 Å². The van der Waals surface area contributed by atoms with Crippen molar-refractivity contribution in [1.82, 2.24) is 4.98 Å². The van der Waals surface area contributed by atoms with Gasteiger partial charge in [-0.3, -0.25) is 0 Å². The lowest BCUT2D eigenvalue weighted by atomic mass is 9.80. The molecule has 1 aromatic rings. The van der Waals surface area contributed by atoms with Crippen molar-refractivity contribution in [2.75, 3.05) is 18.0 Å². The van der Waals surface area contributed by atoms with Crippen molar-refractivity contribution in [3.63, 3.8) is 0 Å². The third-order valence-electron chi connectivity index (χ3n) is 3.35. The number of piperidine rings is 1. The van der Waals surface area contributed by atoms with Gasteiger partial charge in [0.1, 0.15) is 5.82 Å². The van der Waals surface area contributed by atoms with Crippen LogP contribution in [0.1, 0.15) is 20.3 Å². The van der Waals surface area contributed by atoms with Crippen molar-refractivity contribution in [3.8, 4) is 0 Å². The molecule has 1 saturated heterocycles. The van der Waals surface area contributed by atoms with Crippen LogP contribution in [0.25, 0.3) is 0 Å². The van der Waals surface area contributed by atoms with E-state index in [1.54, 1.807) is 0 Å². The average molecular weight is 284 g/mol. The number of anilines is 1. The third kappa shape index (κ3) is 2.23. The molecule has 4 heteroatoms. The van der Waals surface area contributed by atoms with Crippen molar-refractivity contribution in [2.24, 2.45) is 11.1 Å². The zero-order valence-electron chi connectivity index (χ0n) is 9.78. The highest BCUT2D eigenvalue weighted by Crippen LogP contribution is 2.32. The summed E-state index contributed by atoms with van der Waals surface area (Å²) in [4.78, 5) is 6.74. The molecule has 0 aliphatic carbocycles. The van der Waals surface area contributed by atoms with Gasteiger partial charge in [0, 0.05) is 25.3 Å². The highest BCUT2D eigenvalue weighted by atomic mass is 79.9. The maximum Gasteiger partial charge on any atom is 0.142 e. The van der Waals surface area contributed by atoms with Crippen molar-refractivity contribution >= 4 is 21.7 Å². The molecule has 1 unspecified atom stereocenters. The van der Waals surface area contributed by atoms with Crippen LogP contribution in [0.15, 0.2) is 22.8 Å². The lowest BCUT2D eigenvalue weighted by molar-refractivity contribution is 0.244. The Kier molecular flexibility index (Phi) is 3.22. The lowest BCUT2D eigenvalue weighted by Crippen LogP contribution is -2.52. The van der Waals surface area contributed by atoms with Gasteiger partial charge in [-0.1, -0.05) is 13.8 Å². The fourth-order valence-electron chi connectivity index (χ4n) is 2.16. The molecule has 0 amide bonds. The molecule has 0 spiro atoms. The van der Waals surface area contributed by atoms with Crippen LogP contribution in [0.5, 0.6) is 0 Å². The van der Waals surface area contributed by atoms with Gasteiger partial charge in [-0.15, -0.1) is 0 Å². The average Bonchev–Trinajstić information content (AvgIpc) is 2.23. The summed E-state index contributed by atoms with van der Waals surface area (Å²) in [5.74, 6) is 1.03. The van der Waals surface area contributed by atoms with Gasteiger partial charge >= 0.3 is 0 Å². The highest BCUT2D eigenvalue weighted by molar-refractivity contribution is 9.10. The molecule has 0 saturated carbocycles. The predicted molar refractivity (Wildman–Crippen MR) is 70.5 cm³/mol. The Hall–Kier alpha value is -0.610. The molecule has 1 aliphatic rings. The summed E-state index contributed by atoms with van der Waals surface area (Å²) < 4.78 is 1.06.